The number of rotatable bonds is 6. The Hall–Kier alpha value is -1.85. The minimum atomic E-state index is -0.617. The Bertz CT molecular complexity index is 848. The van der Waals surface area contributed by atoms with Gasteiger partial charge in [-0.05, 0) is 57.0 Å². The van der Waals surface area contributed by atoms with Crippen LogP contribution in [0, 0.1) is 0 Å². The van der Waals surface area contributed by atoms with Crippen molar-refractivity contribution in [2.24, 2.45) is 0 Å². The van der Waals surface area contributed by atoms with Gasteiger partial charge in [-0.25, -0.2) is 0 Å². The lowest BCUT2D eigenvalue weighted by Crippen LogP contribution is -2.52. The molecule has 28 heavy (non-hydrogen) atoms. The Kier molecular flexibility index (Phi) is 7.67. The highest BCUT2D eigenvalue weighted by molar-refractivity contribution is 9.10. The van der Waals surface area contributed by atoms with Gasteiger partial charge in [-0.1, -0.05) is 57.9 Å². The summed E-state index contributed by atoms with van der Waals surface area (Å²) in [7, 11) is 0. The summed E-state index contributed by atoms with van der Waals surface area (Å²) < 4.78 is 0.926. The average molecular weight is 466 g/mol. The Morgan fingerprint density at radius 1 is 1.14 bits per heavy atom. The van der Waals surface area contributed by atoms with Crippen LogP contribution < -0.4 is 5.32 Å². The lowest BCUT2D eigenvalue weighted by Gasteiger charge is -2.31. The molecule has 0 saturated heterocycles. The number of nitrogens with zero attached hydrogens (tertiary/aromatic N) is 1. The third kappa shape index (κ3) is 6.64. The minimum Gasteiger partial charge on any atom is -0.350 e. The average Bonchev–Trinajstić information content (AvgIpc) is 2.59. The lowest BCUT2D eigenvalue weighted by atomic mass is 10.1. The molecule has 0 bridgehead atoms. The molecule has 0 aliphatic heterocycles. The summed E-state index contributed by atoms with van der Waals surface area (Å²) in [6, 6.07) is 14.4. The number of amides is 2. The minimum absolute atomic E-state index is 0.140. The second-order valence-corrected chi connectivity index (χ2v) is 9.16. The van der Waals surface area contributed by atoms with Gasteiger partial charge in [0, 0.05) is 21.6 Å². The SMILES string of the molecule is CC(C(=O)NC(C)(C)C)N(Cc1cccc(Br)c1)C(=O)Cc1ccccc1Cl. The zero-order valence-electron chi connectivity index (χ0n) is 16.6. The van der Waals surface area contributed by atoms with Gasteiger partial charge in [0.1, 0.15) is 6.04 Å². The summed E-state index contributed by atoms with van der Waals surface area (Å²) >= 11 is 9.68. The molecule has 2 amide bonds. The van der Waals surface area contributed by atoms with Gasteiger partial charge in [0.25, 0.3) is 0 Å². The largest absolute Gasteiger partial charge is 0.350 e. The van der Waals surface area contributed by atoms with Crippen LogP contribution >= 0.6 is 27.5 Å². The van der Waals surface area contributed by atoms with Crippen LogP contribution in [0.3, 0.4) is 0 Å². The van der Waals surface area contributed by atoms with E-state index in [1.165, 1.54) is 0 Å². The van der Waals surface area contributed by atoms with Crippen LogP contribution in [0.1, 0.15) is 38.8 Å². The molecule has 2 aromatic rings. The van der Waals surface area contributed by atoms with Gasteiger partial charge < -0.3 is 10.2 Å². The van der Waals surface area contributed by atoms with E-state index in [0.29, 0.717) is 11.6 Å². The molecule has 1 unspecified atom stereocenters. The third-order valence-electron chi connectivity index (χ3n) is 4.21. The maximum absolute atomic E-state index is 13.1. The van der Waals surface area contributed by atoms with Crippen LogP contribution in [-0.2, 0) is 22.6 Å². The van der Waals surface area contributed by atoms with Crippen LogP contribution in [0.25, 0.3) is 0 Å². The number of hydrogen-bond acceptors (Lipinski definition) is 2. The molecule has 0 aromatic heterocycles. The zero-order chi connectivity index (χ0) is 20.9. The van der Waals surface area contributed by atoms with Gasteiger partial charge in [-0.15, -0.1) is 0 Å². The van der Waals surface area contributed by atoms with Crippen molar-refractivity contribution in [3.05, 3.63) is 69.2 Å². The predicted octanol–water partition coefficient (Wildman–Crippen LogP) is 4.98. The highest BCUT2D eigenvalue weighted by Gasteiger charge is 2.28. The van der Waals surface area contributed by atoms with E-state index in [-0.39, 0.29) is 23.8 Å². The topological polar surface area (TPSA) is 49.4 Å². The van der Waals surface area contributed by atoms with Gasteiger partial charge >= 0.3 is 0 Å². The Labute approximate surface area is 180 Å². The van der Waals surface area contributed by atoms with Crippen LogP contribution in [0.4, 0.5) is 0 Å². The fourth-order valence-corrected chi connectivity index (χ4v) is 3.44. The zero-order valence-corrected chi connectivity index (χ0v) is 19.0. The van der Waals surface area contributed by atoms with Crippen molar-refractivity contribution < 1.29 is 9.59 Å². The van der Waals surface area contributed by atoms with E-state index in [1.807, 2.05) is 63.2 Å². The smallest absolute Gasteiger partial charge is 0.242 e. The first-order valence-corrected chi connectivity index (χ1v) is 10.3. The molecule has 2 rings (SSSR count). The van der Waals surface area contributed by atoms with Gasteiger partial charge in [0.2, 0.25) is 11.8 Å². The molecule has 0 aliphatic carbocycles. The molecular weight excluding hydrogens is 440 g/mol. The summed E-state index contributed by atoms with van der Waals surface area (Å²) in [6.45, 7) is 7.84. The van der Waals surface area contributed by atoms with Crippen molar-refractivity contribution in [3.8, 4) is 0 Å². The normalized spacial score (nSPS) is 12.4. The highest BCUT2D eigenvalue weighted by Crippen LogP contribution is 2.20. The van der Waals surface area contributed by atoms with Crippen LogP contribution in [0.15, 0.2) is 53.0 Å². The summed E-state index contributed by atoms with van der Waals surface area (Å²) in [5.41, 5.74) is 1.31. The molecule has 0 spiro atoms. The lowest BCUT2D eigenvalue weighted by molar-refractivity contribution is -0.140. The standard InChI is InChI=1S/C22H26BrClN2O2/c1-15(21(28)25-22(2,3)4)26(14-16-8-7-10-18(23)12-16)20(27)13-17-9-5-6-11-19(17)24/h5-12,15H,13-14H2,1-4H3,(H,25,28). The van der Waals surface area contributed by atoms with E-state index in [4.69, 9.17) is 11.6 Å². The van der Waals surface area contributed by atoms with E-state index in [0.717, 1.165) is 15.6 Å². The van der Waals surface area contributed by atoms with E-state index < -0.39 is 6.04 Å². The first kappa shape index (κ1) is 22.4. The molecule has 0 radical (unpaired) electrons. The summed E-state index contributed by atoms with van der Waals surface area (Å²) in [5.74, 6) is -0.334. The second kappa shape index (κ2) is 9.57. The second-order valence-electron chi connectivity index (χ2n) is 7.83. The van der Waals surface area contributed by atoms with Crippen molar-refractivity contribution in [1.82, 2.24) is 10.2 Å². The maximum atomic E-state index is 13.1. The molecule has 150 valence electrons. The molecule has 6 heteroatoms. The van der Waals surface area contributed by atoms with E-state index in [9.17, 15) is 9.59 Å². The Balaban J connectivity index is 2.27. The number of carbonyl (C=O) groups is 2. The molecular formula is C22H26BrClN2O2. The summed E-state index contributed by atoms with van der Waals surface area (Å²) in [5, 5.41) is 3.50. The Morgan fingerprint density at radius 3 is 2.43 bits per heavy atom. The highest BCUT2D eigenvalue weighted by atomic mass is 79.9. The molecule has 0 heterocycles. The number of benzene rings is 2. The van der Waals surface area contributed by atoms with Crippen LogP contribution in [-0.4, -0.2) is 28.3 Å². The van der Waals surface area contributed by atoms with Crippen molar-refractivity contribution in [2.75, 3.05) is 0 Å². The van der Waals surface area contributed by atoms with Crippen molar-refractivity contribution in [1.29, 1.82) is 0 Å². The van der Waals surface area contributed by atoms with Crippen molar-refractivity contribution in [3.63, 3.8) is 0 Å². The van der Waals surface area contributed by atoms with E-state index >= 15 is 0 Å². The van der Waals surface area contributed by atoms with Gasteiger partial charge in [0.15, 0.2) is 0 Å². The molecule has 0 saturated carbocycles. The van der Waals surface area contributed by atoms with Gasteiger partial charge in [-0.3, -0.25) is 9.59 Å². The fraction of sp³-hybridized carbons (Fsp3) is 0.364. The number of carbonyl (C=O) groups excluding carboxylic acids is 2. The molecule has 1 N–H and O–H groups in total. The number of hydrogen-bond donors (Lipinski definition) is 1. The third-order valence-corrected chi connectivity index (χ3v) is 5.07. The fourth-order valence-electron chi connectivity index (χ4n) is 2.79. The molecule has 4 nitrogen and oxygen atoms in total. The number of nitrogens with one attached hydrogen (secondary N) is 1. The summed E-state index contributed by atoms with van der Waals surface area (Å²) in [4.78, 5) is 27.5. The predicted molar refractivity (Wildman–Crippen MR) is 117 cm³/mol. The van der Waals surface area contributed by atoms with E-state index in [2.05, 4.69) is 21.2 Å². The molecule has 1 atom stereocenters. The van der Waals surface area contributed by atoms with Gasteiger partial charge in [-0.2, -0.15) is 0 Å². The monoisotopic (exact) mass is 464 g/mol. The molecule has 0 fully saturated rings. The first-order chi connectivity index (χ1) is 13.1. The van der Waals surface area contributed by atoms with Crippen molar-refractivity contribution >= 4 is 39.3 Å². The maximum Gasteiger partial charge on any atom is 0.242 e. The molecule has 0 aliphatic rings. The first-order valence-electron chi connectivity index (χ1n) is 9.16. The van der Waals surface area contributed by atoms with Crippen LogP contribution in [0.2, 0.25) is 5.02 Å². The summed E-state index contributed by atoms with van der Waals surface area (Å²) in [6.07, 6.45) is 0.140. The van der Waals surface area contributed by atoms with Crippen molar-refractivity contribution in [2.45, 2.75) is 52.2 Å². The van der Waals surface area contributed by atoms with Gasteiger partial charge in [0.05, 0.1) is 6.42 Å². The number of halogens is 2. The quantitative estimate of drug-likeness (QED) is 0.654. The molecule has 2 aromatic carbocycles. The van der Waals surface area contributed by atoms with E-state index in [1.54, 1.807) is 17.9 Å². The Morgan fingerprint density at radius 2 is 1.82 bits per heavy atom. The van der Waals surface area contributed by atoms with Crippen LogP contribution in [0.5, 0.6) is 0 Å².